The second-order valence-electron chi connectivity index (χ2n) is 9.66. The van der Waals surface area contributed by atoms with Gasteiger partial charge in [-0.1, -0.05) is 89.2 Å². The molecule has 0 spiro atoms. The van der Waals surface area contributed by atoms with E-state index in [9.17, 15) is 21.4 Å². The van der Waals surface area contributed by atoms with E-state index >= 15 is 0 Å². The van der Waals surface area contributed by atoms with Gasteiger partial charge in [0, 0.05) is 0 Å². The van der Waals surface area contributed by atoms with E-state index in [1.54, 1.807) is 0 Å². The highest BCUT2D eigenvalue weighted by Crippen LogP contribution is 2.33. The van der Waals surface area contributed by atoms with Crippen molar-refractivity contribution < 1.29 is 34.3 Å². The van der Waals surface area contributed by atoms with Crippen LogP contribution in [0.4, 0.5) is 0 Å². The van der Waals surface area contributed by atoms with E-state index < -0.39 is 53.8 Å². The molecule has 0 aliphatic heterocycles. The molecule has 0 aromatic rings. The number of rotatable bonds is 25. The Morgan fingerprint density at radius 3 is 1.60 bits per heavy atom. The summed E-state index contributed by atoms with van der Waals surface area (Å²) >= 11 is 38.2. The Hall–Kier alpha value is 1.06. The van der Waals surface area contributed by atoms with Crippen molar-refractivity contribution in [3.05, 3.63) is 11.3 Å². The largest absolute Gasteiger partial charge is 0.445 e. The topological polar surface area (TPSA) is 127 Å². The van der Waals surface area contributed by atoms with Crippen LogP contribution in [-0.2, 0) is 29.2 Å². The molecule has 0 unspecified atom stereocenters. The van der Waals surface area contributed by atoms with E-state index in [2.05, 4.69) is 11.1 Å². The number of allylic oxidation sites excluding steroid dienone is 1. The van der Waals surface area contributed by atoms with E-state index in [-0.39, 0.29) is 5.03 Å². The van der Waals surface area contributed by atoms with Crippen molar-refractivity contribution in [2.24, 2.45) is 0 Å². The first-order valence-electron chi connectivity index (χ1n) is 13.4. The fourth-order valence-corrected chi connectivity index (χ4v) is 6.81. The lowest BCUT2D eigenvalue weighted by molar-refractivity contribution is 0.166. The van der Waals surface area contributed by atoms with Gasteiger partial charge in [0.1, 0.15) is 12.4 Å². The molecule has 0 bridgehead atoms. The van der Waals surface area contributed by atoms with Crippen LogP contribution in [0.5, 0.6) is 0 Å². The van der Waals surface area contributed by atoms with Crippen LogP contribution in [0, 0.1) is 0 Å². The highest BCUT2D eigenvalue weighted by Gasteiger charge is 2.41. The van der Waals surface area contributed by atoms with Crippen LogP contribution in [0.25, 0.3) is 0 Å². The van der Waals surface area contributed by atoms with Gasteiger partial charge in [-0.2, -0.15) is 16.8 Å². The zero-order valence-corrected chi connectivity index (χ0v) is 28.7. The molecule has 8 nitrogen and oxygen atoms in total. The number of halogens is 6. The van der Waals surface area contributed by atoms with E-state index in [0.717, 1.165) is 76.9 Å². The molecule has 240 valence electrons. The standard InChI is InChI=1S/C24H42Cl6O8S2/c1-2-3-4-5-9-13-16-20(27)22(29)24(38-40(34,35)36)23(30)21(28)19(26)15-12-10-7-6-8-11-14-18(25)17-37-39(31,32)33/h17,19-24H,2-16H2,1H3,(H,31,32,33)(H,34,35,36)/b18-17+/t19-,20+,21+,22-,23-,24-/m1/s1. The van der Waals surface area contributed by atoms with Crippen LogP contribution >= 0.6 is 69.6 Å². The zero-order chi connectivity index (χ0) is 30.8. The lowest BCUT2D eigenvalue weighted by Crippen LogP contribution is -2.46. The van der Waals surface area contributed by atoms with Crippen molar-refractivity contribution in [2.75, 3.05) is 0 Å². The molecule has 0 aromatic carbocycles. The summed E-state index contributed by atoms with van der Waals surface area (Å²) in [6, 6.07) is 0. The van der Waals surface area contributed by atoms with Gasteiger partial charge in [0.25, 0.3) is 0 Å². The maximum Gasteiger partial charge on any atom is 0.445 e. The van der Waals surface area contributed by atoms with E-state index in [4.69, 9.17) is 78.3 Å². The Morgan fingerprint density at radius 1 is 0.675 bits per heavy atom. The van der Waals surface area contributed by atoms with Crippen LogP contribution in [0.15, 0.2) is 11.3 Å². The van der Waals surface area contributed by atoms with Gasteiger partial charge in [-0.05, 0) is 25.7 Å². The third-order valence-electron chi connectivity index (χ3n) is 6.13. The first-order chi connectivity index (χ1) is 18.6. The second kappa shape index (κ2) is 22.6. The molecule has 0 aliphatic carbocycles. The van der Waals surface area contributed by atoms with Crippen LogP contribution < -0.4 is 0 Å². The van der Waals surface area contributed by atoms with Crippen molar-refractivity contribution in [2.45, 2.75) is 136 Å². The smallest absolute Gasteiger partial charge is 0.369 e. The van der Waals surface area contributed by atoms with Crippen LogP contribution in [0.3, 0.4) is 0 Å². The molecule has 0 rings (SSSR count). The van der Waals surface area contributed by atoms with Gasteiger partial charge in [0.2, 0.25) is 0 Å². The van der Waals surface area contributed by atoms with E-state index in [0.29, 0.717) is 19.3 Å². The van der Waals surface area contributed by atoms with Crippen molar-refractivity contribution in [3.8, 4) is 0 Å². The molecule has 0 amide bonds. The van der Waals surface area contributed by atoms with Crippen molar-refractivity contribution >= 4 is 90.4 Å². The zero-order valence-electron chi connectivity index (χ0n) is 22.6. The summed E-state index contributed by atoms with van der Waals surface area (Å²) in [5.41, 5.74) is 0. The number of unbranched alkanes of at least 4 members (excludes halogenated alkanes) is 10. The summed E-state index contributed by atoms with van der Waals surface area (Å²) < 4.78 is 70.7. The molecule has 40 heavy (non-hydrogen) atoms. The van der Waals surface area contributed by atoms with E-state index in [1.165, 1.54) is 6.42 Å². The minimum atomic E-state index is -4.87. The Labute approximate surface area is 270 Å². The summed E-state index contributed by atoms with van der Waals surface area (Å²) in [6.07, 6.45) is 12.2. The molecular weight excluding hydrogens is 693 g/mol. The molecule has 0 aliphatic rings. The molecule has 6 atom stereocenters. The molecule has 0 saturated carbocycles. The Morgan fingerprint density at radius 2 is 1.12 bits per heavy atom. The maximum atomic E-state index is 11.5. The first kappa shape index (κ1) is 41.1. The first-order valence-corrected chi connectivity index (χ1v) is 18.7. The minimum Gasteiger partial charge on any atom is -0.369 e. The molecule has 0 radical (unpaired) electrons. The molecule has 0 fully saturated rings. The number of hydrogen-bond donors (Lipinski definition) is 2. The van der Waals surface area contributed by atoms with Gasteiger partial charge in [0.05, 0.1) is 31.9 Å². The van der Waals surface area contributed by atoms with Gasteiger partial charge in [-0.25, -0.2) is 4.18 Å². The van der Waals surface area contributed by atoms with Gasteiger partial charge in [-0.15, -0.1) is 58.0 Å². The average molecular weight is 735 g/mol. The highest BCUT2D eigenvalue weighted by atomic mass is 35.5. The predicted molar refractivity (Wildman–Crippen MR) is 166 cm³/mol. The highest BCUT2D eigenvalue weighted by molar-refractivity contribution is 7.81. The molecule has 16 heteroatoms. The monoisotopic (exact) mass is 732 g/mol. The van der Waals surface area contributed by atoms with Crippen LogP contribution in [0.1, 0.15) is 103 Å². The Balaban J connectivity index is 4.59. The van der Waals surface area contributed by atoms with Gasteiger partial charge < -0.3 is 4.18 Å². The number of hydrogen-bond acceptors (Lipinski definition) is 6. The molecule has 0 saturated heterocycles. The van der Waals surface area contributed by atoms with Crippen LogP contribution in [-0.4, -0.2) is 58.9 Å². The maximum absolute atomic E-state index is 11.5. The van der Waals surface area contributed by atoms with E-state index in [1.807, 2.05) is 0 Å². The van der Waals surface area contributed by atoms with Crippen molar-refractivity contribution in [1.82, 2.24) is 0 Å². The predicted octanol–water partition coefficient (Wildman–Crippen LogP) is 8.98. The normalized spacial score (nSPS) is 17.7. The average Bonchev–Trinajstić information content (AvgIpc) is 2.87. The SMILES string of the molecule is CCCCCCCC[C@H](Cl)[C@@H](Cl)[C@@H](OS(=O)(=O)O)[C@H](Cl)[C@@H](Cl)[C@H](Cl)CCCCCCCC/C(Cl)=C\OS(=O)(=O)O. The quantitative estimate of drug-likeness (QED) is 0.0412. The lowest BCUT2D eigenvalue weighted by Gasteiger charge is -2.31. The Kier molecular flexibility index (Phi) is 23.1. The number of alkyl halides is 5. The summed E-state index contributed by atoms with van der Waals surface area (Å²) in [6.45, 7) is 2.14. The molecule has 0 aromatic heterocycles. The molecule has 2 N–H and O–H groups in total. The summed E-state index contributed by atoms with van der Waals surface area (Å²) in [7, 11) is -9.43. The van der Waals surface area contributed by atoms with Crippen molar-refractivity contribution in [3.63, 3.8) is 0 Å². The summed E-state index contributed by atoms with van der Waals surface area (Å²) in [5, 5.41) is -4.16. The van der Waals surface area contributed by atoms with Gasteiger partial charge in [-0.3, -0.25) is 9.11 Å². The second-order valence-corrected chi connectivity index (χ2v) is 14.9. The van der Waals surface area contributed by atoms with Crippen molar-refractivity contribution in [1.29, 1.82) is 0 Å². The fourth-order valence-electron chi connectivity index (χ4n) is 3.96. The lowest BCUT2D eigenvalue weighted by atomic mass is 9.99. The summed E-state index contributed by atoms with van der Waals surface area (Å²) in [4.78, 5) is 0. The third kappa shape index (κ3) is 21.7. The Bertz CT molecular complexity index is 907. The van der Waals surface area contributed by atoms with Gasteiger partial charge >= 0.3 is 20.8 Å². The molecule has 0 heterocycles. The molecular formula is C24H42Cl6O8S2. The summed E-state index contributed by atoms with van der Waals surface area (Å²) in [5.74, 6) is 0. The van der Waals surface area contributed by atoms with Gasteiger partial charge in [0.15, 0.2) is 0 Å². The fraction of sp³-hybridized carbons (Fsp3) is 0.917. The third-order valence-corrected chi connectivity index (χ3v) is 10.2. The van der Waals surface area contributed by atoms with Crippen LogP contribution in [0.2, 0.25) is 0 Å². The minimum absolute atomic E-state index is 0.185.